The van der Waals surface area contributed by atoms with Crippen LogP contribution in [-0.2, 0) is 9.84 Å². The van der Waals surface area contributed by atoms with Gasteiger partial charge in [0.1, 0.15) is 0 Å². The molecule has 0 radical (unpaired) electrons. The van der Waals surface area contributed by atoms with Crippen molar-refractivity contribution in [3.63, 3.8) is 0 Å². The predicted octanol–water partition coefficient (Wildman–Crippen LogP) is 6.81. The standard InChI is InChI=1S/C22H44O2S/c1-7-25(23,24)18-17-22(6)16-10-15-21(5)14-9-13-20(4)12-8-11-19(2)3/h17,19-21H,7-16,18H2,1-6H3/b22-17+/t20-,21-/m1/s1. The molecule has 0 bridgehead atoms. The summed E-state index contributed by atoms with van der Waals surface area (Å²) in [5.74, 6) is 2.95. The first-order chi connectivity index (χ1) is 11.7. The van der Waals surface area contributed by atoms with Crippen LogP contribution in [0.5, 0.6) is 0 Å². The topological polar surface area (TPSA) is 34.1 Å². The van der Waals surface area contributed by atoms with E-state index in [1.807, 2.05) is 6.08 Å². The minimum Gasteiger partial charge on any atom is -0.229 e. The Morgan fingerprint density at radius 2 is 1.32 bits per heavy atom. The summed E-state index contributed by atoms with van der Waals surface area (Å²) in [6.07, 6.45) is 13.6. The van der Waals surface area contributed by atoms with Gasteiger partial charge in [-0.2, -0.15) is 0 Å². The molecule has 2 nitrogen and oxygen atoms in total. The molecular weight excluding hydrogens is 328 g/mol. The average molecular weight is 373 g/mol. The zero-order valence-corrected chi connectivity index (χ0v) is 18.6. The van der Waals surface area contributed by atoms with Crippen molar-refractivity contribution >= 4 is 9.84 Å². The van der Waals surface area contributed by atoms with Crippen molar-refractivity contribution in [3.05, 3.63) is 11.6 Å². The van der Waals surface area contributed by atoms with Gasteiger partial charge in [0.05, 0.1) is 5.75 Å². The third-order valence-electron chi connectivity index (χ3n) is 5.27. The number of rotatable bonds is 15. The molecule has 150 valence electrons. The van der Waals surface area contributed by atoms with Gasteiger partial charge in [0, 0.05) is 5.75 Å². The minimum atomic E-state index is -2.86. The van der Waals surface area contributed by atoms with Crippen LogP contribution >= 0.6 is 0 Å². The van der Waals surface area contributed by atoms with E-state index < -0.39 is 9.84 Å². The van der Waals surface area contributed by atoms with Crippen LogP contribution < -0.4 is 0 Å². The molecule has 0 fully saturated rings. The molecule has 0 heterocycles. The second-order valence-corrected chi connectivity index (χ2v) is 11.0. The van der Waals surface area contributed by atoms with Gasteiger partial charge in [0.15, 0.2) is 9.84 Å². The van der Waals surface area contributed by atoms with Crippen molar-refractivity contribution in [2.45, 2.75) is 99.3 Å². The Kier molecular flexibility index (Phi) is 13.7. The molecule has 0 rings (SSSR count). The SMILES string of the molecule is CCS(=O)(=O)C/C=C(\C)CCC[C@H](C)CCC[C@H](C)CCCC(C)C. The van der Waals surface area contributed by atoms with Crippen molar-refractivity contribution in [1.82, 2.24) is 0 Å². The lowest BCUT2D eigenvalue weighted by atomic mass is 9.91. The van der Waals surface area contributed by atoms with Gasteiger partial charge in [-0.15, -0.1) is 0 Å². The Bertz CT molecular complexity index is 449. The van der Waals surface area contributed by atoms with Crippen LogP contribution in [0.15, 0.2) is 11.6 Å². The van der Waals surface area contributed by atoms with Crippen LogP contribution in [0.2, 0.25) is 0 Å². The van der Waals surface area contributed by atoms with Crippen molar-refractivity contribution < 1.29 is 8.42 Å². The first-order valence-electron chi connectivity index (χ1n) is 10.5. The zero-order valence-electron chi connectivity index (χ0n) is 17.8. The summed E-state index contributed by atoms with van der Waals surface area (Å²) in [5.41, 5.74) is 1.22. The molecule has 0 aromatic rings. The Balaban J connectivity index is 3.76. The molecule has 0 aromatic heterocycles. The van der Waals surface area contributed by atoms with Gasteiger partial charge >= 0.3 is 0 Å². The molecule has 0 aliphatic rings. The van der Waals surface area contributed by atoms with Crippen LogP contribution in [0, 0.1) is 17.8 Å². The number of hydrogen-bond acceptors (Lipinski definition) is 2. The first-order valence-corrected chi connectivity index (χ1v) is 12.3. The van der Waals surface area contributed by atoms with Crippen molar-refractivity contribution in [2.75, 3.05) is 11.5 Å². The van der Waals surface area contributed by atoms with E-state index in [9.17, 15) is 8.42 Å². The summed E-state index contributed by atoms with van der Waals surface area (Å²) >= 11 is 0. The third kappa shape index (κ3) is 15.6. The van der Waals surface area contributed by atoms with Crippen molar-refractivity contribution in [2.24, 2.45) is 17.8 Å². The molecule has 0 unspecified atom stereocenters. The van der Waals surface area contributed by atoms with E-state index in [1.54, 1.807) is 6.92 Å². The van der Waals surface area contributed by atoms with Crippen molar-refractivity contribution in [1.29, 1.82) is 0 Å². The minimum absolute atomic E-state index is 0.208. The normalized spacial score (nSPS) is 15.6. The number of allylic oxidation sites excluding steroid dienone is 1. The predicted molar refractivity (Wildman–Crippen MR) is 113 cm³/mol. The van der Waals surface area contributed by atoms with Crippen LogP contribution in [-0.4, -0.2) is 19.9 Å². The Hall–Kier alpha value is -0.310. The molecule has 0 aliphatic carbocycles. The monoisotopic (exact) mass is 372 g/mol. The highest BCUT2D eigenvalue weighted by atomic mass is 32.2. The molecule has 0 saturated carbocycles. The van der Waals surface area contributed by atoms with Crippen LogP contribution in [0.3, 0.4) is 0 Å². The molecule has 2 atom stereocenters. The van der Waals surface area contributed by atoms with E-state index in [4.69, 9.17) is 0 Å². The fraction of sp³-hybridized carbons (Fsp3) is 0.909. The Labute approximate surface area is 158 Å². The van der Waals surface area contributed by atoms with Gasteiger partial charge in [-0.25, -0.2) is 8.42 Å². The maximum absolute atomic E-state index is 11.5. The van der Waals surface area contributed by atoms with Gasteiger partial charge in [0.25, 0.3) is 0 Å². The van der Waals surface area contributed by atoms with E-state index in [1.165, 1.54) is 56.9 Å². The fourth-order valence-electron chi connectivity index (χ4n) is 3.20. The van der Waals surface area contributed by atoms with Gasteiger partial charge in [0.2, 0.25) is 0 Å². The Morgan fingerprint density at radius 1 is 0.840 bits per heavy atom. The molecule has 3 heteroatoms. The Morgan fingerprint density at radius 3 is 1.80 bits per heavy atom. The largest absolute Gasteiger partial charge is 0.229 e. The number of hydrogen-bond donors (Lipinski definition) is 0. The van der Waals surface area contributed by atoms with Gasteiger partial charge in [-0.3, -0.25) is 0 Å². The van der Waals surface area contributed by atoms with E-state index in [0.717, 1.165) is 24.2 Å². The summed E-state index contributed by atoms with van der Waals surface area (Å²) in [6, 6.07) is 0. The molecule has 0 aromatic carbocycles. The lowest BCUT2D eigenvalue weighted by Gasteiger charge is -2.15. The smallest absolute Gasteiger partial charge is 0.153 e. The molecule has 0 saturated heterocycles. The molecular formula is C22H44O2S. The highest BCUT2D eigenvalue weighted by Crippen LogP contribution is 2.22. The van der Waals surface area contributed by atoms with E-state index in [2.05, 4.69) is 34.6 Å². The summed E-state index contributed by atoms with van der Waals surface area (Å²) in [4.78, 5) is 0. The number of sulfone groups is 1. The fourth-order valence-corrected chi connectivity index (χ4v) is 3.97. The maximum atomic E-state index is 11.5. The van der Waals surface area contributed by atoms with E-state index in [0.29, 0.717) is 0 Å². The van der Waals surface area contributed by atoms with Crippen LogP contribution in [0.4, 0.5) is 0 Å². The summed E-state index contributed by atoms with van der Waals surface area (Å²) in [6.45, 7) is 13.2. The van der Waals surface area contributed by atoms with E-state index in [-0.39, 0.29) is 11.5 Å². The lowest BCUT2D eigenvalue weighted by molar-refractivity contribution is 0.389. The quantitative estimate of drug-likeness (QED) is 0.296. The van der Waals surface area contributed by atoms with Crippen molar-refractivity contribution in [3.8, 4) is 0 Å². The second kappa shape index (κ2) is 13.8. The maximum Gasteiger partial charge on any atom is 0.153 e. The molecule has 25 heavy (non-hydrogen) atoms. The van der Waals surface area contributed by atoms with Gasteiger partial charge < -0.3 is 0 Å². The molecule has 0 spiro atoms. The third-order valence-corrected chi connectivity index (χ3v) is 6.82. The van der Waals surface area contributed by atoms with Crippen LogP contribution in [0.25, 0.3) is 0 Å². The van der Waals surface area contributed by atoms with E-state index >= 15 is 0 Å². The summed E-state index contributed by atoms with van der Waals surface area (Å²) in [5, 5.41) is 0. The summed E-state index contributed by atoms with van der Waals surface area (Å²) < 4.78 is 23.0. The lowest BCUT2D eigenvalue weighted by Crippen LogP contribution is -2.06. The highest BCUT2D eigenvalue weighted by molar-refractivity contribution is 7.91. The highest BCUT2D eigenvalue weighted by Gasteiger charge is 2.07. The zero-order chi connectivity index (χ0) is 19.3. The second-order valence-electron chi connectivity index (χ2n) is 8.61. The average Bonchev–Trinajstić information content (AvgIpc) is 2.52. The summed E-state index contributed by atoms with van der Waals surface area (Å²) in [7, 11) is -2.86. The molecule has 0 aliphatic heterocycles. The molecule has 0 amide bonds. The van der Waals surface area contributed by atoms with Gasteiger partial charge in [-0.1, -0.05) is 91.2 Å². The van der Waals surface area contributed by atoms with Crippen LogP contribution in [0.1, 0.15) is 99.3 Å². The first kappa shape index (κ1) is 24.7. The molecule has 0 N–H and O–H groups in total. The van der Waals surface area contributed by atoms with Gasteiger partial charge in [-0.05, 0) is 37.5 Å².